The van der Waals surface area contributed by atoms with Gasteiger partial charge in [0.05, 0.1) is 5.69 Å². The lowest BCUT2D eigenvalue weighted by Gasteiger charge is -2.23. The number of aryl methyl sites for hydroxylation is 1. The van der Waals surface area contributed by atoms with Crippen molar-refractivity contribution in [3.63, 3.8) is 0 Å². The van der Waals surface area contributed by atoms with Crippen molar-refractivity contribution >= 4 is 33.4 Å². The summed E-state index contributed by atoms with van der Waals surface area (Å²) in [5.41, 5.74) is 1.93. The fraction of sp³-hybridized carbons (Fsp3) is 0.385. The van der Waals surface area contributed by atoms with E-state index in [2.05, 4.69) is 21.2 Å². The molecule has 1 heterocycles. The Morgan fingerprint density at radius 1 is 1.39 bits per heavy atom. The molecule has 2 amide bonds. The van der Waals surface area contributed by atoms with E-state index in [0.29, 0.717) is 13.0 Å². The quantitative estimate of drug-likeness (QED) is 0.862. The maximum Gasteiger partial charge on any atom is 0.249 e. The first-order valence-corrected chi connectivity index (χ1v) is 6.65. The van der Waals surface area contributed by atoms with Crippen LogP contribution in [0.1, 0.15) is 18.9 Å². The molecule has 0 radical (unpaired) electrons. The van der Waals surface area contributed by atoms with E-state index >= 15 is 0 Å². The van der Waals surface area contributed by atoms with Crippen molar-refractivity contribution in [2.24, 2.45) is 0 Å². The SMILES string of the molecule is Cc1ccc(N2CCC(=O)NC(C)C2=O)c(Br)c1. The molecule has 0 bridgehead atoms. The molecule has 1 unspecified atom stereocenters. The van der Waals surface area contributed by atoms with Crippen LogP contribution in [0.4, 0.5) is 5.69 Å². The normalized spacial score (nSPS) is 20.6. The molecule has 0 saturated carbocycles. The second kappa shape index (κ2) is 5.10. The molecule has 2 rings (SSSR count). The Morgan fingerprint density at radius 3 is 2.78 bits per heavy atom. The van der Waals surface area contributed by atoms with Crippen molar-refractivity contribution in [1.29, 1.82) is 0 Å². The van der Waals surface area contributed by atoms with Gasteiger partial charge in [0.2, 0.25) is 11.8 Å². The summed E-state index contributed by atoms with van der Waals surface area (Å²) >= 11 is 3.47. The van der Waals surface area contributed by atoms with Crippen molar-refractivity contribution < 1.29 is 9.59 Å². The average Bonchev–Trinajstić information content (AvgIpc) is 2.41. The Kier molecular flexibility index (Phi) is 3.71. The molecular formula is C13H15BrN2O2. The second-order valence-electron chi connectivity index (χ2n) is 4.48. The zero-order valence-electron chi connectivity index (χ0n) is 10.4. The number of anilines is 1. The molecule has 0 spiro atoms. The highest BCUT2D eigenvalue weighted by atomic mass is 79.9. The summed E-state index contributed by atoms with van der Waals surface area (Å²) in [5.74, 6) is -0.160. The van der Waals surface area contributed by atoms with Gasteiger partial charge in [-0.05, 0) is 47.5 Å². The number of carbonyl (C=O) groups is 2. The summed E-state index contributed by atoms with van der Waals surface area (Å²) in [6.45, 7) is 4.11. The van der Waals surface area contributed by atoms with Crippen LogP contribution in [0.5, 0.6) is 0 Å². The lowest BCUT2D eigenvalue weighted by Crippen LogP contribution is -2.42. The molecule has 4 nitrogen and oxygen atoms in total. The second-order valence-corrected chi connectivity index (χ2v) is 5.34. The Bertz CT molecular complexity index is 502. The minimum absolute atomic E-state index is 0.0783. The van der Waals surface area contributed by atoms with Crippen molar-refractivity contribution in [3.05, 3.63) is 28.2 Å². The van der Waals surface area contributed by atoms with Crippen LogP contribution in [-0.2, 0) is 9.59 Å². The minimum atomic E-state index is -0.479. The highest BCUT2D eigenvalue weighted by Gasteiger charge is 2.28. The third-order valence-corrected chi connectivity index (χ3v) is 3.61. The zero-order valence-corrected chi connectivity index (χ0v) is 12.0. The molecule has 5 heteroatoms. The van der Waals surface area contributed by atoms with Crippen molar-refractivity contribution in [3.8, 4) is 0 Å². The molecule has 96 valence electrons. The van der Waals surface area contributed by atoms with Gasteiger partial charge in [-0.1, -0.05) is 6.07 Å². The van der Waals surface area contributed by atoms with E-state index in [1.165, 1.54) is 0 Å². The third-order valence-electron chi connectivity index (χ3n) is 2.97. The molecule has 0 aromatic heterocycles. The highest BCUT2D eigenvalue weighted by molar-refractivity contribution is 9.10. The molecular weight excluding hydrogens is 296 g/mol. The molecule has 1 aliphatic heterocycles. The smallest absolute Gasteiger partial charge is 0.249 e. The predicted octanol–water partition coefficient (Wildman–Crippen LogP) is 2.00. The topological polar surface area (TPSA) is 49.4 Å². The first kappa shape index (κ1) is 13.1. The van der Waals surface area contributed by atoms with Crippen LogP contribution in [-0.4, -0.2) is 24.4 Å². The maximum absolute atomic E-state index is 12.2. The van der Waals surface area contributed by atoms with Gasteiger partial charge >= 0.3 is 0 Å². The fourth-order valence-electron chi connectivity index (χ4n) is 2.00. The largest absolute Gasteiger partial charge is 0.345 e. The molecule has 1 aliphatic rings. The Morgan fingerprint density at radius 2 is 2.11 bits per heavy atom. The lowest BCUT2D eigenvalue weighted by molar-refractivity contribution is -0.125. The number of amides is 2. The number of nitrogens with zero attached hydrogens (tertiary/aromatic N) is 1. The summed E-state index contributed by atoms with van der Waals surface area (Å²) in [6.07, 6.45) is 0.330. The van der Waals surface area contributed by atoms with Gasteiger partial charge in [-0.25, -0.2) is 0 Å². The summed E-state index contributed by atoms with van der Waals surface area (Å²) in [4.78, 5) is 25.3. The Balaban J connectivity index is 2.36. The number of halogens is 1. The van der Waals surface area contributed by atoms with Gasteiger partial charge in [0, 0.05) is 17.4 Å². The summed E-state index contributed by atoms with van der Waals surface area (Å²) in [7, 11) is 0. The van der Waals surface area contributed by atoms with Crippen molar-refractivity contribution in [2.45, 2.75) is 26.3 Å². The number of benzene rings is 1. The molecule has 1 atom stereocenters. The van der Waals surface area contributed by atoms with Crippen LogP contribution in [0.15, 0.2) is 22.7 Å². The summed E-state index contributed by atoms with van der Waals surface area (Å²) in [6, 6.07) is 5.35. The van der Waals surface area contributed by atoms with E-state index in [0.717, 1.165) is 15.7 Å². The first-order valence-electron chi connectivity index (χ1n) is 5.86. The minimum Gasteiger partial charge on any atom is -0.345 e. The third kappa shape index (κ3) is 2.56. The monoisotopic (exact) mass is 310 g/mol. The van der Waals surface area contributed by atoms with Gasteiger partial charge in [0.1, 0.15) is 6.04 Å². The van der Waals surface area contributed by atoms with Crippen molar-refractivity contribution in [2.75, 3.05) is 11.4 Å². The van der Waals surface area contributed by atoms with Crippen LogP contribution >= 0.6 is 15.9 Å². The van der Waals surface area contributed by atoms with Crippen LogP contribution in [0.25, 0.3) is 0 Å². The summed E-state index contributed by atoms with van der Waals surface area (Å²) in [5, 5.41) is 2.68. The Hall–Kier alpha value is -1.36. The number of carbonyl (C=O) groups excluding carboxylic acids is 2. The fourth-order valence-corrected chi connectivity index (χ4v) is 2.71. The molecule has 1 aromatic carbocycles. The van der Waals surface area contributed by atoms with Crippen LogP contribution in [0.2, 0.25) is 0 Å². The van der Waals surface area contributed by atoms with Crippen LogP contribution < -0.4 is 10.2 Å². The molecule has 18 heavy (non-hydrogen) atoms. The number of nitrogens with one attached hydrogen (secondary N) is 1. The van der Waals surface area contributed by atoms with E-state index in [1.54, 1.807) is 11.8 Å². The summed E-state index contributed by atoms with van der Waals surface area (Å²) < 4.78 is 0.873. The van der Waals surface area contributed by atoms with E-state index in [4.69, 9.17) is 0 Å². The highest BCUT2D eigenvalue weighted by Crippen LogP contribution is 2.28. The molecule has 1 aromatic rings. The molecule has 1 N–H and O–H groups in total. The Labute approximate surface area is 114 Å². The number of hydrogen-bond donors (Lipinski definition) is 1. The first-order chi connectivity index (χ1) is 8.49. The average molecular weight is 311 g/mol. The van der Waals surface area contributed by atoms with Gasteiger partial charge in [-0.2, -0.15) is 0 Å². The molecule has 1 fully saturated rings. The van der Waals surface area contributed by atoms with Gasteiger partial charge in [-0.15, -0.1) is 0 Å². The maximum atomic E-state index is 12.2. The van der Waals surface area contributed by atoms with Gasteiger partial charge in [0.25, 0.3) is 0 Å². The molecule has 0 aliphatic carbocycles. The standard InChI is InChI=1S/C13H15BrN2O2/c1-8-3-4-11(10(14)7-8)16-6-5-12(17)15-9(2)13(16)18/h3-4,7,9H,5-6H2,1-2H3,(H,15,17). The van der Waals surface area contributed by atoms with E-state index < -0.39 is 6.04 Å². The van der Waals surface area contributed by atoms with Gasteiger partial charge in [0.15, 0.2) is 0 Å². The van der Waals surface area contributed by atoms with E-state index in [9.17, 15) is 9.59 Å². The van der Waals surface area contributed by atoms with Crippen molar-refractivity contribution in [1.82, 2.24) is 5.32 Å². The van der Waals surface area contributed by atoms with Crippen LogP contribution in [0, 0.1) is 6.92 Å². The van der Waals surface area contributed by atoms with E-state index in [-0.39, 0.29) is 11.8 Å². The lowest BCUT2D eigenvalue weighted by atomic mass is 10.2. The van der Waals surface area contributed by atoms with Gasteiger partial charge in [-0.3, -0.25) is 9.59 Å². The van der Waals surface area contributed by atoms with Crippen LogP contribution in [0.3, 0.4) is 0 Å². The number of hydrogen-bond acceptors (Lipinski definition) is 2. The predicted molar refractivity (Wildman–Crippen MR) is 73.5 cm³/mol. The van der Waals surface area contributed by atoms with Gasteiger partial charge < -0.3 is 10.2 Å². The number of rotatable bonds is 1. The molecule has 1 saturated heterocycles. The van der Waals surface area contributed by atoms with E-state index in [1.807, 2.05) is 25.1 Å². The zero-order chi connectivity index (χ0) is 13.3.